The zero-order chi connectivity index (χ0) is 7.28. The van der Waals surface area contributed by atoms with Gasteiger partial charge in [-0.2, -0.15) is 5.26 Å². The first kappa shape index (κ1) is 8.45. The van der Waals surface area contributed by atoms with E-state index >= 15 is 0 Å². The first-order chi connectivity index (χ1) is 4.22. The summed E-state index contributed by atoms with van der Waals surface area (Å²) in [6.45, 7) is 5.03. The largest absolute Gasteiger partial charge is 0.291 e. The molecule has 0 aromatic rings. The average molecular weight is 126 g/mol. The van der Waals surface area contributed by atoms with Gasteiger partial charge in [0.15, 0.2) is 0 Å². The number of nitrogens with zero attached hydrogens (tertiary/aromatic N) is 2. The van der Waals surface area contributed by atoms with Gasteiger partial charge in [-0.05, 0) is 26.9 Å². The summed E-state index contributed by atoms with van der Waals surface area (Å²) in [7, 11) is 1.97. The van der Waals surface area contributed by atoms with Crippen LogP contribution in [0.15, 0.2) is 0 Å². The molecule has 0 amide bonds. The lowest BCUT2D eigenvalue weighted by atomic mass is 10.3. The highest BCUT2D eigenvalue weighted by Gasteiger charge is 2.03. The summed E-state index contributed by atoms with van der Waals surface area (Å²) in [6, 6.07) is 2.24. The van der Waals surface area contributed by atoms with Gasteiger partial charge in [-0.1, -0.05) is 6.92 Å². The maximum Gasteiger partial charge on any atom is 0.0946 e. The Morgan fingerprint density at radius 1 is 1.67 bits per heavy atom. The van der Waals surface area contributed by atoms with Crippen LogP contribution in [0.2, 0.25) is 0 Å². The Balaban J connectivity index is 3.48. The van der Waals surface area contributed by atoms with Crippen LogP contribution in [0, 0.1) is 11.3 Å². The van der Waals surface area contributed by atoms with Crippen molar-refractivity contribution in [2.45, 2.75) is 26.3 Å². The molecule has 1 atom stereocenters. The predicted octanol–water partition coefficient (Wildman–Crippen LogP) is 1.24. The summed E-state index contributed by atoms with van der Waals surface area (Å²) in [5.74, 6) is 0. The van der Waals surface area contributed by atoms with E-state index in [-0.39, 0.29) is 6.04 Å². The minimum Gasteiger partial charge on any atom is -0.291 e. The number of nitriles is 1. The molecular weight excluding hydrogens is 112 g/mol. The molecule has 0 rings (SSSR count). The summed E-state index contributed by atoms with van der Waals surface area (Å²) in [6.07, 6.45) is 1.11. The van der Waals surface area contributed by atoms with Crippen molar-refractivity contribution in [3.8, 4) is 6.07 Å². The second kappa shape index (κ2) is 4.34. The molecule has 0 radical (unpaired) electrons. The molecule has 0 aliphatic rings. The highest BCUT2D eigenvalue weighted by atomic mass is 15.1. The lowest BCUT2D eigenvalue weighted by molar-refractivity contribution is 0.303. The molecule has 0 saturated heterocycles. The molecule has 0 aromatic carbocycles. The van der Waals surface area contributed by atoms with E-state index in [9.17, 15) is 0 Å². The molecule has 9 heavy (non-hydrogen) atoms. The van der Waals surface area contributed by atoms with Gasteiger partial charge in [0.25, 0.3) is 0 Å². The van der Waals surface area contributed by atoms with E-state index in [0.717, 1.165) is 13.0 Å². The third kappa shape index (κ3) is 3.10. The highest BCUT2D eigenvalue weighted by molar-refractivity contribution is 4.85. The molecule has 0 spiro atoms. The molecule has 0 heterocycles. The van der Waals surface area contributed by atoms with Crippen LogP contribution < -0.4 is 0 Å². The second-order valence-corrected chi connectivity index (χ2v) is 2.29. The molecule has 2 heteroatoms. The Hall–Kier alpha value is -0.550. The van der Waals surface area contributed by atoms with Crippen molar-refractivity contribution in [3.05, 3.63) is 0 Å². The minimum absolute atomic E-state index is 0.0601. The fraction of sp³-hybridized carbons (Fsp3) is 0.857. The normalized spacial score (nSPS) is 13.2. The van der Waals surface area contributed by atoms with Gasteiger partial charge in [0, 0.05) is 0 Å². The van der Waals surface area contributed by atoms with E-state index in [1.807, 2.05) is 18.9 Å². The lowest BCUT2D eigenvalue weighted by Gasteiger charge is -2.16. The van der Waals surface area contributed by atoms with Crippen molar-refractivity contribution in [2.24, 2.45) is 0 Å². The summed E-state index contributed by atoms with van der Waals surface area (Å²) < 4.78 is 0. The van der Waals surface area contributed by atoms with Crippen molar-refractivity contribution in [3.63, 3.8) is 0 Å². The summed E-state index contributed by atoms with van der Waals surface area (Å²) in [5.41, 5.74) is 0. The summed E-state index contributed by atoms with van der Waals surface area (Å²) in [5, 5.41) is 8.44. The SMILES string of the molecule is CCCN(C)C(C)C#N. The van der Waals surface area contributed by atoms with E-state index < -0.39 is 0 Å². The standard InChI is InChI=1S/C7H14N2/c1-4-5-9(3)7(2)6-8/h7H,4-5H2,1-3H3. The topological polar surface area (TPSA) is 27.0 Å². The van der Waals surface area contributed by atoms with Gasteiger partial charge in [0.1, 0.15) is 0 Å². The maximum atomic E-state index is 8.44. The Bertz CT molecular complexity index is 104. The van der Waals surface area contributed by atoms with Crippen molar-refractivity contribution >= 4 is 0 Å². The third-order valence-corrected chi connectivity index (χ3v) is 1.42. The van der Waals surface area contributed by atoms with Crippen LogP contribution in [0.5, 0.6) is 0 Å². The predicted molar refractivity (Wildman–Crippen MR) is 38.0 cm³/mol. The molecule has 1 unspecified atom stereocenters. The van der Waals surface area contributed by atoms with E-state index in [0.29, 0.717) is 0 Å². The van der Waals surface area contributed by atoms with Gasteiger partial charge in [-0.15, -0.1) is 0 Å². The van der Waals surface area contributed by atoms with E-state index in [1.54, 1.807) is 0 Å². The van der Waals surface area contributed by atoms with Crippen molar-refractivity contribution < 1.29 is 0 Å². The van der Waals surface area contributed by atoms with E-state index in [1.165, 1.54) is 0 Å². The smallest absolute Gasteiger partial charge is 0.0946 e. The molecule has 0 aliphatic heterocycles. The van der Waals surface area contributed by atoms with Crippen LogP contribution in [0.3, 0.4) is 0 Å². The van der Waals surface area contributed by atoms with Crippen LogP contribution in [0.25, 0.3) is 0 Å². The zero-order valence-electron chi connectivity index (χ0n) is 6.39. The van der Waals surface area contributed by atoms with Crippen LogP contribution in [-0.4, -0.2) is 24.5 Å². The third-order valence-electron chi connectivity index (χ3n) is 1.42. The Kier molecular flexibility index (Phi) is 4.08. The molecule has 0 N–H and O–H groups in total. The van der Waals surface area contributed by atoms with Gasteiger partial charge < -0.3 is 0 Å². The zero-order valence-corrected chi connectivity index (χ0v) is 6.39. The van der Waals surface area contributed by atoms with Crippen LogP contribution in [-0.2, 0) is 0 Å². The molecule has 0 fully saturated rings. The second-order valence-electron chi connectivity index (χ2n) is 2.29. The van der Waals surface area contributed by atoms with Gasteiger partial charge in [0.2, 0.25) is 0 Å². The quantitative estimate of drug-likeness (QED) is 0.569. The van der Waals surface area contributed by atoms with E-state index in [4.69, 9.17) is 5.26 Å². The maximum absolute atomic E-state index is 8.44. The molecule has 2 nitrogen and oxygen atoms in total. The molecule has 52 valence electrons. The fourth-order valence-electron chi connectivity index (χ4n) is 0.645. The van der Waals surface area contributed by atoms with Crippen LogP contribution in [0.4, 0.5) is 0 Å². The summed E-state index contributed by atoms with van der Waals surface area (Å²) in [4.78, 5) is 2.04. The fourth-order valence-corrected chi connectivity index (χ4v) is 0.645. The molecule has 0 aliphatic carbocycles. The van der Waals surface area contributed by atoms with Gasteiger partial charge in [-0.3, -0.25) is 4.90 Å². The monoisotopic (exact) mass is 126 g/mol. The number of hydrogen-bond acceptors (Lipinski definition) is 2. The van der Waals surface area contributed by atoms with E-state index in [2.05, 4.69) is 13.0 Å². The summed E-state index contributed by atoms with van der Waals surface area (Å²) >= 11 is 0. The first-order valence-electron chi connectivity index (χ1n) is 3.32. The minimum atomic E-state index is 0.0601. The number of hydrogen-bond donors (Lipinski definition) is 0. The molecule has 0 bridgehead atoms. The van der Waals surface area contributed by atoms with Crippen molar-refractivity contribution in [1.82, 2.24) is 4.90 Å². The first-order valence-corrected chi connectivity index (χ1v) is 3.32. The van der Waals surface area contributed by atoms with Gasteiger partial charge >= 0.3 is 0 Å². The van der Waals surface area contributed by atoms with Crippen LogP contribution in [0.1, 0.15) is 20.3 Å². The molecule has 0 aromatic heterocycles. The Morgan fingerprint density at radius 2 is 2.22 bits per heavy atom. The van der Waals surface area contributed by atoms with Crippen LogP contribution >= 0.6 is 0 Å². The Labute approximate surface area is 57.1 Å². The molecule has 0 saturated carbocycles. The lowest BCUT2D eigenvalue weighted by Crippen LogP contribution is -2.28. The van der Waals surface area contributed by atoms with Gasteiger partial charge in [-0.25, -0.2) is 0 Å². The number of rotatable bonds is 3. The molecular formula is C7H14N2. The van der Waals surface area contributed by atoms with Crippen molar-refractivity contribution in [1.29, 1.82) is 5.26 Å². The van der Waals surface area contributed by atoms with Gasteiger partial charge in [0.05, 0.1) is 12.1 Å². The van der Waals surface area contributed by atoms with Crippen molar-refractivity contribution in [2.75, 3.05) is 13.6 Å². The Morgan fingerprint density at radius 3 is 2.56 bits per heavy atom. The average Bonchev–Trinajstić information content (AvgIpc) is 1.87. The highest BCUT2D eigenvalue weighted by Crippen LogP contribution is 1.93.